The Balaban J connectivity index is 1.34. The summed E-state index contributed by atoms with van der Waals surface area (Å²) in [5.74, 6) is 0.429. The normalized spacial score (nSPS) is 31.3. The van der Waals surface area contributed by atoms with Crippen LogP contribution in [-0.4, -0.2) is 69.7 Å². The fraction of sp³-hybridized carbons (Fsp3) is 0.667. The molecule has 9 nitrogen and oxygen atoms in total. The van der Waals surface area contributed by atoms with E-state index in [9.17, 15) is 14.7 Å². The minimum absolute atomic E-state index is 0.0109. The zero-order valence-electron chi connectivity index (χ0n) is 22.8. The molecule has 1 aromatic heterocycles. The summed E-state index contributed by atoms with van der Waals surface area (Å²) in [6, 6.07) is 9.10. The highest BCUT2D eigenvalue weighted by Crippen LogP contribution is 2.47. The van der Waals surface area contributed by atoms with E-state index in [0.29, 0.717) is 23.6 Å². The topological polar surface area (TPSA) is 106 Å². The zero-order chi connectivity index (χ0) is 26.9. The van der Waals surface area contributed by atoms with Gasteiger partial charge < -0.3 is 19.2 Å². The number of methoxy groups -OCH3 is 1. The summed E-state index contributed by atoms with van der Waals surface area (Å²) in [4.78, 5) is 38.7. The van der Waals surface area contributed by atoms with Gasteiger partial charge in [-0.2, -0.15) is 0 Å². The molecule has 2 aromatic rings. The number of aromatic nitrogens is 2. The molecule has 1 N–H and O–H groups in total. The molecule has 4 aliphatic rings. The first-order valence-corrected chi connectivity index (χ1v) is 14.7. The number of benzene rings is 1. The fourth-order valence-electron chi connectivity index (χ4n) is 8.22. The Hall–Kier alpha value is -2.78. The van der Waals surface area contributed by atoms with Crippen molar-refractivity contribution in [1.29, 1.82) is 0 Å². The van der Waals surface area contributed by atoms with Crippen molar-refractivity contribution in [2.24, 2.45) is 17.0 Å². The third-order valence-corrected chi connectivity index (χ3v) is 9.65. The quantitative estimate of drug-likeness (QED) is 0.303. The van der Waals surface area contributed by atoms with Gasteiger partial charge in [0.25, 0.3) is 5.56 Å². The number of carboxylic acids is 1. The Labute approximate surface area is 229 Å². The highest BCUT2D eigenvalue weighted by Gasteiger charge is 2.45. The van der Waals surface area contributed by atoms with Crippen LogP contribution in [0.3, 0.4) is 0 Å². The molecule has 6 rings (SSSR count). The SMILES string of the molecule is COCCO/N=C(\C(=O)O)c1nc2ccccc2n(C2C[C@H]3CCC[C@@H](C2)N3C2CC3CCCC(C3)C2)c1=O. The van der Waals surface area contributed by atoms with Crippen molar-refractivity contribution in [2.45, 2.75) is 94.8 Å². The van der Waals surface area contributed by atoms with Gasteiger partial charge in [-0.25, -0.2) is 9.78 Å². The van der Waals surface area contributed by atoms with E-state index in [1.54, 1.807) is 0 Å². The maximum atomic E-state index is 14.0. The number of fused-ring (bicyclic) bond motifs is 5. The van der Waals surface area contributed by atoms with Gasteiger partial charge >= 0.3 is 5.97 Å². The summed E-state index contributed by atoms with van der Waals surface area (Å²) in [5.41, 5.74) is 0.285. The predicted molar refractivity (Wildman–Crippen MR) is 148 cm³/mol. The Morgan fingerprint density at radius 1 is 0.949 bits per heavy atom. The van der Waals surface area contributed by atoms with E-state index in [1.165, 1.54) is 64.9 Å². The molecule has 2 aliphatic carbocycles. The first-order valence-electron chi connectivity index (χ1n) is 14.7. The first-order chi connectivity index (χ1) is 19.0. The van der Waals surface area contributed by atoms with Crippen LogP contribution in [0.25, 0.3) is 11.0 Å². The molecule has 9 heteroatoms. The molecular weight excluding hydrogens is 496 g/mol. The number of hydrogen-bond acceptors (Lipinski definition) is 7. The largest absolute Gasteiger partial charge is 0.476 e. The van der Waals surface area contributed by atoms with Crippen LogP contribution in [0.5, 0.6) is 0 Å². The molecule has 39 heavy (non-hydrogen) atoms. The molecule has 4 bridgehead atoms. The van der Waals surface area contributed by atoms with Gasteiger partial charge in [0.2, 0.25) is 5.71 Å². The first kappa shape index (κ1) is 26.4. The van der Waals surface area contributed by atoms with Gasteiger partial charge in [0.15, 0.2) is 5.69 Å². The lowest BCUT2D eigenvalue weighted by Crippen LogP contribution is -2.58. The summed E-state index contributed by atoms with van der Waals surface area (Å²) in [6.45, 7) is 0.343. The summed E-state index contributed by atoms with van der Waals surface area (Å²) in [6.07, 6.45) is 13.6. The van der Waals surface area contributed by atoms with Crippen LogP contribution < -0.4 is 5.56 Å². The van der Waals surface area contributed by atoms with Gasteiger partial charge in [0, 0.05) is 31.3 Å². The summed E-state index contributed by atoms with van der Waals surface area (Å²) in [5, 5.41) is 13.7. The van der Waals surface area contributed by atoms with Crippen molar-refractivity contribution in [3.05, 3.63) is 40.3 Å². The van der Waals surface area contributed by atoms with Crippen molar-refractivity contribution in [3.8, 4) is 0 Å². The van der Waals surface area contributed by atoms with E-state index < -0.39 is 17.2 Å². The van der Waals surface area contributed by atoms with E-state index in [1.807, 2.05) is 28.8 Å². The van der Waals surface area contributed by atoms with Gasteiger partial charge in [-0.1, -0.05) is 43.0 Å². The molecule has 4 fully saturated rings. The Morgan fingerprint density at radius 2 is 1.64 bits per heavy atom. The summed E-state index contributed by atoms with van der Waals surface area (Å²) in [7, 11) is 1.52. The molecule has 0 radical (unpaired) electrons. The van der Waals surface area contributed by atoms with Crippen molar-refractivity contribution in [1.82, 2.24) is 14.5 Å². The van der Waals surface area contributed by atoms with Crippen LogP contribution in [0, 0.1) is 11.8 Å². The molecule has 2 aliphatic heterocycles. The lowest BCUT2D eigenvalue weighted by Gasteiger charge is -2.55. The lowest BCUT2D eigenvalue weighted by atomic mass is 9.68. The Kier molecular flexibility index (Phi) is 7.71. The third-order valence-electron chi connectivity index (χ3n) is 9.65. The van der Waals surface area contributed by atoms with E-state index in [2.05, 4.69) is 15.0 Å². The van der Waals surface area contributed by atoms with Crippen molar-refractivity contribution >= 4 is 22.7 Å². The third kappa shape index (κ3) is 5.23. The minimum Gasteiger partial charge on any atom is -0.476 e. The van der Waals surface area contributed by atoms with Crippen LogP contribution in [0.2, 0.25) is 0 Å². The monoisotopic (exact) mass is 536 g/mol. The van der Waals surface area contributed by atoms with Crippen LogP contribution >= 0.6 is 0 Å². The number of hydrogen-bond donors (Lipinski definition) is 1. The number of aliphatic carboxylic acids is 1. The summed E-state index contributed by atoms with van der Waals surface area (Å²) >= 11 is 0. The Bertz CT molecular complexity index is 1270. The molecule has 3 heterocycles. The standard InChI is InChI=1S/C30H40N4O5/c1-38-12-13-39-32-28(30(36)37)27-29(35)34(26-11-3-2-10-25(26)31-27)24-17-21-8-5-9-22(18-24)33(21)23-15-19-6-4-7-20(14-19)16-23/h2-3,10-11,19-24H,4-9,12-18H2,1H3,(H,36,37)/b32-28-/t19?,20?,21-,22+,23?,24?. The number of para-hydroxylation sites is 2. The molecule has 0 amide bonds. The number of carboxylic acid groups (broad SMARTS) is 1. The number of piperidine rings is 2. The van der Waals surface area contributed by atoms with E-state index in [0.717, 1.165) is 30.2 Å². The minimum atomic E-state index is -1.34. The fourth-order valence-corrected chi connectivity index (χ4v) is 8.22. The maximum Gasteiger partial charge on any atom is 0.360 e. The number of rotatable bonds is 8. The van der Waals surface area contributed by atoms with Crippen molar-refractivity contribution in [2.75, 3.05) is 20.3 Å². The second kappa shape index (κ2) is 11.4. The highest BCUT2D eigenvalue weighted by atomic mass is 16.6. The van der Waals surface area contributed by atoms with Crippen molar-refractivity contribution in [3.63, 3.8) is 0 Å². The van der Waals surface area contributed by atoms with E-state index >= 15 is 0 Å². The highest BCUT2D eigenvalue weighted by molar-refractivity contribution is 6.41. The van der Waals surface area contributed by atoms with Crippen LogP contribution in [0.4, 0.5) is 0 Å². The van der Waals surface area contributed by atoms with Gasteiger partial charge in [0.05, 0.1) is 17.6 Å². The number of ether oxygens (including phenoxy) is 1. The molecule has 3 unspecified atom stereocenters. The summed E-state index contributed by atoms with van der Waals surface area (Å²) < 4.78 is 6.78. The van der Waals surface area contributed by atoms with Crippen LogP contribution in [0.1, 0.15) is 82.4 Å². The smallest absolute Gasteiger partial charge is 0.360 e. The average molecular weight is 537 g/mol. The molecular formula is C30H40N4O5. The molecule has 2 saturated carbocycles. The number of carbonyl (C=O) groups is 1. The van der Waals surface area contributed by atoms with Crippen LogP contribution in [-0.2, 0) is 14.4 Å². The van der Waals surface area contributed by atoms with E-state index in [4.69, 9.17) is 9.57 Å². The predicted octanol–water partition coefficient (Wildman–Crippen LogP) is 4.38. The molecule has 1 aromatic carbocycles. The van der Waals surface area contributed by atoms with Gasteiger partial charge in [-0.05, 0) is 68.9 Å². The molecule has 0 spiro atoms. The average Bonchev–Trinajstić information content (AvgIpc) is 2.92. The number of nitrogens with zero attached hydrogens (tertiary/aromatic N) is 4. The molecule has 5 atom stereocenters. The zero-order valence-corrected chi connectivity index (χ0v) is 22.8. The second-order valence-corrected chi connectivity index (χ2v) is 12.0. The molecule has 2 saturated heterocycles. The second-order valence-electron chi connectivity index (χ2n) is 12.0. The van der Waals surface area contributed by atoms with Crippen molar-refractivity contribution < 1.29 is 19.5 Å². The van der Waals surface area contributed by atoms with Crippen LogP contribution in [0.15, 0.2) is 34.2 Å². The molecule has 210 valence electrons. The van der Waals surface area contributed by atoms with Gasteiger partial charge in [-0.3, -0.25) is 9.69 Å². The Morgan fingerprint density at radius 3 is 2.33 bits per heavy atom. The lowest BCUT2D eigenvalue weighted by molar-refractivity contribution is -0.129. The maximum absolute atomic E-state index is 14.0. The van der Waals surface area contributed by atoms with Gasteiger partial charge in [-0.15, -0.1) is 0 Å². The van der Waals surface area contributed by atoms with Gasteiger partial charge in [0.1, 0.15) is 6.61 Å². The number of oxime groups is 1. The van der Waals surface area contributed by atoms with E-state index in [-0.39, 0.29) is 24.9 Å².